The van der Waals surface area contributed by atoms with Crippen molar-refractivity contribution in [1.29, 1.82) is 0 Å². The van der Waals surface area contributed by atoms with E-state index in [0.717, 1.165) is 25.0 Å². The van der Waals surface area contributed by atoms with Gasteiger partial charge in [0.2, 0.25) is 0 Å². The quantitative estimate of drug-likeness (QED) is 0.332. The lowest BCUT2D eigenvalue weighted by Crippen LogP contribution is -2.12. The summed E-state index contributed by atoms with van der Waals surface area (Å²) in [6.07, 6.45) is 9.15. The molecule has 1 atom stereocenters. The lowest BCUT2D eigenvalue weighted by atomic mass is 10.1. The number of hydrogen-bond acceptors (Lipinski definition) is 4. The van der Waals surface area contributed by atoms with E-state index >= 15 is 0 Å². The van der Waals surface area contributed by atoms with Gasteiger partial charge in [-0.15, -0.1) is 0 Å². The molecule has 1 aromatic rings. The van der Waals surface area contributed by atoms with Crippen molar-refractivity contribution in [2.75, 3.05) is 13.2 Å². The first-order valence-electron chi connectivity index (χ1n) is 9.53. The van der Waals surface area contributed by atoms with E-state index in [1.54, 1.807) is 24.3 Å². The van der Waals surface area contributed by atoms with E-state index in [2.05, 4.69) is 6.92 Å². The summed E-state index contributed by atoms with van der Waals surface area (Å²) < 4.78 is 35.0. The summed E-state index contributed by atoms with van der Waals surface area (Å²) in [6, 6.07) is 6.71. The van der Waals surface area contributed by atoms with Crippen LogP contribution in [0, 0.1) is 6.92 Å². The van der Waals surface area contributed by atoms with Crippen LogP contribution < -0.4 is 0 Å². The summed E-state index contributed by atoms with van der Waals surface area (Å²) >= 11 is 0. The van der Waals surface area contributed by atoms with Gasteiger partial charge in [-0.3, -0.25) is 4.18 Å². The Hall–Kier alpha value is -0.910. The number of benzene rings is 1. The number of aryl methyl sites for hydroxylation is 1. The van der Waals surface area contributed by atoms with Crippen molar-refractivity contribution in [1.82, 2.24) is 0 Å². The average molecular weight is 371 g/mol. The number of unbranched alkanes of at least 4 members (excludes halogenated alkanes) is 5. The van der Waals surface area contributed by atoms with E-state index in [-0.39, 0.29) is 17.6 Å². The fraction of sp³-hybridized carbons (Fsp3) is 0.700. The van der Waals surface area contributed by atoms with Crippen LogP contribution in [0.2, 0.25) is 0 Å². The maximum atomic E-state index is 12.1. The molecule has 1 aromatic carbocycles. The Bertz CT molecular complexity index is 552. The maximum Gasteiger partial charge on any atom is 0.296 e. The second-order valence-electron chi connectivity index (χ2n) is 6.68. The van der Waals surface area contributed by atoms with Crippen LogP contribution in [0.3, 0.4) is 0 Å². The molecule has 25 heavy (non-hydrogen) atoms. The van der Waals surface area contributed by atoms with Crippen LogP contribution in [0.25, 0.3) is 0 Å². The Morgan fingerprint density at radius 3 is 2.24 bits per heavy atom. The molecule has 0 amide bonds. The van der Waals surface area contributed by atoms with Gasteiger partial charge in [0, 0.05) is 6.61 Å². The third-order valence-corrected chi connectivity index (χ3v) is 5.53. The summed E-state index contributed by atoms with van der Waals surface area (Å²) in [5.41, 5.74) is 1.02. The zero-order valence-corrected chi connectivity index (χ0v) is 16.8. The van der Waals surface area contributed by atoms with Crippen LogP contribution in [0.5, 0.6) is 0 Å². The van der Waals surface area contributed by atoms with E-state index in [1.807, 2.05) is 13.8 Å². The second kappa shape index (κ2) is 12.4. The van der Waals surface area contributed by atoms with Crippen molar-refractivity contribution in [2.45, 2.75) is 83.1 Å². The molecule has 1 rings (SSSR count). The molecule has 144 valence electrons. The third kappa shape index (κ3) is 9.97. The molecular formula is C20H34O4S. The summed E-state index contributed by atoms with van der Waals surface area (Å²) in [7, 11) is -3.65. The number of rotatable bonds is 14. The molecule has 0 spiro atoms. The molecule has 1 unspecified atom stereocenters. The van der Waals surface area contributed by atoms with E-state index in [1.165, 1.54) is 32.1 Å². The highest BCUT2D eigenvalue weighted by atomic mass is 32.2. The maximum absolute atomic E-state index is 12.1. The van der Waals surface area contributed by atoms with E-state index in [4.69, 9.17) is 8.92 Å². The molecule has 0 aromatic heterocycles. The van der Waals surface area contributed by atoms with Gasteiger partial charge in [0.1, 0.15) is 0 Å². The van der Waals surface area contributed by atoms with Gasteiger partial charge in [0.15, 0.2) is 0 Å². The van der Waals surface area contributed by atoms with Crippen molar-refractivity contribution >= 4 is 10.1 Å². The molecule has 0 saturated heterocycles. The normalized spacial score (nSPS) is 13.1. The first kappa shape index (κ1) is 22.1. The number of ether oxygens (including phenoxy) is 1. The third-order valence-electron chi connectivity index (χ3n) is 4.20. The summed E-state index contributed by atoms with van der Waals surface area (Å²) in [5, 5.41) is 0. The highest BCUT2D eigenvalue weighted by Gasteiger charge is 2.14. The monoisotopic (exact) mass is 370 g/mol. The van der Waals surface area contributed by atoms with Gasteiger partial charge in [-0.1, -0.05) is 56.7 Å². The lowest BCUT2D eigenvalue weighted by Gasteiger charge is -2.13. The van der Waals surface area contributed by atoms with Crippen molar-refractivity contribution in [3.8, 4) is 0 Å². The molecule has 0 radical (unpaired) electrons. The Morgan fingerprint density at radius 2 is 1.56 bits per heavy atom. The Balaban J connectivity index is 2.11. The molecule has 0 aliphatic heterocycles. The summed E-state index contributed by atoms with van der Waals surface area (Å²) in [6.45, 7) is 7.16. The first-order chi connectivity index (χ1) is 12.0. The molecular weight excluding hydrogens is 336 g/mol. The minimum atomic E-state index is -3.65. The van der Waals surface area contributed by atoms with Crippen molar-refractivity contribution in [2.24, 2.45) is 0 Å². The Morgan fingerprint density at radius 1 is 0.920 bits per heavy atom. The van der Waals surface area contributed by atoms with Gasteiger partial charge in [-0.25, -0.2) is 0 Å². The van der Waals surface area contributed by atoms with E-state index in [0.29, 0.717) is 6.42 Å². The van der Waals surface area contributed by atoms with Gasteiger partial charge in [-0.05, 0) is 45.2 Å². The van der Waals surface area contributed by atoms with Crippen LogP contribution in [0.4, 0.5) is 0 Å². The van der Waals surface area contributed by atoms with Crippen molar-refractivity contribution in [3.63, 3.8) is 0 Å². The topological polar surface area (TPSA) is 52.6 Å². The Labute approximate surface area is 154 Å². The molecule has 0 aliphatic carbocycles. The molecule has 5 heteroatoms. The zero-order chi connectivity index (χ0) is 18.5. The standard InChI is InChI=1S/C20H34O4S/c1-4-5-6-7-8-9-16-23-19(3)11-10-17-24-25(21,22)20-14-12-18(2)13-15-20/h12-15,19H,4-11,16-17H2,1-3H3. The Kier molecular flexibility index (Phi) is 11.0. The van der Waals surface area contributed by atoms with Gasteiger partial charge >= 0.3 is 0 Å². The summed E-state index contributed by atoms with van der Waals surface area (Å²) in [5.74, 6) is 0. The minimum Gasteiger partial charge on any atom is -0.379 e. The number of hydrogen-bond donors (Lipinski definition) is 0. The largest absolute Gasteiger partial charge is 0.379 e. The van der Waals surface area contributed by atoms with Crippen LogP contribution in [0.15, 0.2) is 29.2 Å². The fourth-order valence-electron chi connectivity index (χ4n) is 2.56. The molecule has 0 aliphatic rings. The molecule has 0 saturated carbocycles. The van der Waals surface area contributed by atoms with Crippen LogP contribution in [-0.2, 0) is 19.0 Å². The van der Waals surface area contributed by atoms with Gasteiger partial charge in [-0.2, -0.15) is 8.42 Å². The highest BCUT2D eigenvalue weighted by Crippen LogP contribution is 2.14. The lowest BCUT2D eigenvalue weighted by molar-refractivity contribution is 0.0536. The van der Waals surface area contributed by atoms with Crippen LogP contribution >= 0.6 is 0 Å². The van der Waals surface area contributed by atoms with E-state index < -0.39 is 10.1 Å². The van der Waals surface area contributed by atoms with Crippen molar-refractivity contribution < 1.29 is 17.3 Å². The smallest absolute Gasteiger partial charge is 0.296 e. The predicted molar refractivity (Wildman–Crippen MR) is 102 cm³/mol. The molecule has 0 fully saturated rings. The van der Waals surface area contributed by atoms with Crippen LogP contribution in [0.1, 0.15) is 70.8 Å². The van der Waals surface area contributed by atoms with E-state index in [9.17, 15) is 8.42 Å². The highest BCUT2D eigenvalue weighted by molar-refractivity contribution is 7.86. The van der Waals surface area contributed by atoms with Gasteiger partial charge in [0.05, 0.1) is 17.6 Å². The molecule has 0 N–H and O–H groups in total. The molecule has 0 bridgehead atoms. The van der Waals surface area contributed by atoms with Crippen molar-refractivity contribution in [3.05, 3.63) is 29.8 Å². The fourth-order valence-corrected chi connectivity index (χ4v) is 3.51. The van der Waals surface area contributed by atoms with Crippen LogP contribution in [-0.4, -0.2) is 27.7 Å². The minimum absolute atomic E-state index is 0.140. The SMILES string of the molecule is CCCCCCCCOC(C)CCCOS(=O)(=O)c1ccc(C)cc1. The van der Waals surface area contributed by atoms with Gasteiger partial charge < -0.3 is 4.74 Å². The molecule has 0 heterocycles. The molecule has 4 nitrogen and oxygen atoms in total. The predicted octanol–water partition coefficient (Wildman–Crippen LogP) is 5.25. The summed E-state index contributed by atoms with van der Waals surface area (Å²) in [4.78, 5) is 0.213. The zero-order valence-electron chi connectivity index (χ0n) is 16.0. The first-order valence-corrected chi connectivity index (χ1v) is 10.9. The second-order valence-corrected chi connectivity index (χ2v) is 8.30. The average Bonchev–Trinajstić information content (AvgIpc) is 2.58. The van der Waals surface area contributed by atoms with Gasteiger partial charge in [0.25, 0.3) is 10.1 Å².